The highest BCUT2D eigenvalue weighted by atomic mass is 32.2. The number of carbonyl (C=O) groups is 1. The molecule has 0 bridgehead atoms. The van der Waals surface area contributed by atoms with Crippen LogP contribution in [0.4, 0.5) is 10.8 Å². The van der Waals surface area contributed by atoms with E-state index in [1.54, 1.807) is 43.3 Å². The van der Waals surface area contributed by atoms with E-state index >= 15 is 0 Å². The maximum atomic E-state index is 12.7. The summed E-state index contributed by atoms with van der Waals surface area (Å²) in [6.07, 6.45) is 3.15. The van der Waals surface area contributed by atoms with Gasteiger partial charge in [-0.15, -0.1) is 16.8 Å². The Hall–Kier alpha value is -1.91. The molecule has 1 aromatic carbocycles. The lowest BCUT2D eigenvalue weighted by Crippen LogP contribution is -2.46. The molecule has 1 atom stereocenters. The summed E-state index contributed by atoms with van der Waals surface area (Å²) < 4.78 is 26.5. The van der Waals surface area contributed by atoms with Gasteiger partial charge < -0.3 is 0 Å². The lowest BCUT2D eigenvalue weighted by Gasteiger charge is -2.29. The molecule has 7 nitrogen and oxygen atoms in total. The van der Waals surface area contributed by atoms with E-state index < -0.39 is 22.0 Å². The Kier molecular flexibility index (Phi) is 7.18. The highest BCUT2D eigenvalue weighted by Gasteiger charge is 2.31. The van der Waals surface area contributed by atoms with Gasteiger partial charge in [0.25, 0.3) is 0 Å². The summed E-state index contributed by atoms with van der Waals surface area (Å²) in [7, 11) is -3.65. The summed E-state index contributed by atoms with van der Waals surface area (Å²) in [4.78, 5) is 12.7. The van der Waals surface area contributed by atoms with Crippen LogP contribution in [0.5, 0.6) is 0 Å². The molecule has 140 valence electrons. The summed E-state index contributed by atoms with van der Waals surface area (Å²) >= 11 is 2.70. The highest BCUT2D eigenvalue weighted by Crippen LogP contribution is 2.27. The fourth-order valence-corrected chi connectivity index (χ4v) is 5.00. The van der Waals surface area contributed by atoms with Gasteiger partial charge in [0.05, 0.1) is 11.9 Å². The fraction of sp³-hybridized carbons (Fsp3) is 0.312. The van der Waals surface area contributed by atoms with Crippen LogP contribution < -0.4 is 9.62 Å². The summed E-state index contributed by atoms with van der Waals surface area (Å²) in [6, 6.07) is 7.67. The summed E-state index contributed by atoms with van der Waals surface area (Å²) in [5, 5.41) is 10.9. The Morgan fingerprint density at radius 3 is 2.65 bits per heavy atom. The first-order valence-corrected chi connectivity index (χ1v) is 11.4. The van der Waals surface area contributed by atoms with Crippen LogP contribution in [0.3, 0.4) is 0 Å². The SMILES string of the molecule is C=CCSc1nnc(NC(=O)C(CC)N(c2ccccc2)S(C)(=O)=O)s1. The van der Waals surface area contributed by atoms with E-state index in [1.165, 1.54) is 23.1 Å². The molecule has 1 heterocycles. The molecule has 0 spiro atoms. The molecule has 10 heteroatoms. The second-order valence-corrected chi connectivity index (χ2v) is 9.38. The first kappa shape index (κ1) is 20.4. The minimum Gasteiger partial charge on any atom is -0.299 e. The third-order valence-corrected chi connectivity index (χ3v) is 6.45. The minimum absolute atomic E-state index is 0.310. The van der Waals surface area contributed by atoms with Gasteiger partial charge in [0.15, 0.2) is 4.34 Å². The molecule has 0 fully saturated rings. The Morgan fingerprint density at radius 2 is 2.08 bits per heavy atom. The number of hydrogen-bond acceptors (Lipinski definition) is 7. The molecule has 0 aliphatic heterocycles. The van der Waals surface area contributed by atoms with E-state index in [-0.39, 0.29) is 0 Å². The van der Waals surface area contributed by atoms with Gasteiger partial charge in [-0.2, -0.15) is 0 Å². The smallest absolute Gasteiger partial charge is 0.250 e. The number of hydrogen-bond donors (Lipinski definition) is 1. The quantitative estimate of drug-likeness (QED) is 0.387. The van der Waals surface area contributed by atoms with Crippen molar-refractivity contribution in [1.82, 2.24) is 10.2 Å². The van der Waals surface area contributed by atoms with Crippen LogP contribution in [0, 0.1) is 0 Å². The van der Waals surface area contributed by atoms with Crippen molar-refractivity contribution >= 4 is 49.8 Å². The summed E-state index contributed by atoms with van der Waals surface area (Å²) in [6.45, 7) is 5.40. The highest BCUT2D eigenvalue weighted by molar-refractivity contribution is 8.01. The first-order valence-electron chi connectivity index (χ1n) is 7.79. The Morgan fingerprint density at radius 1 is 1.38 bits per heavy atom. The van der Waals surface area contributed by atoms with Crippen LogP contribution >= 0.6 is 23.1 Å². The van der Waals surface area contributed by atoms with Gasteiger partial charge in [-0.25, -0.2) is 8.42 Å². The van der Waals surface area contributed by atoms with Crippen LogP contribution in [-0.4, -0.2) is 42.6 Å². The monoisotopic (exact) mass is 412 g/mol. The summed E-state index contributed by atoms with van der Waals surface area (Å²) in [5.74, 6) is 0.244. The standard InChI is InChI=1S/C16H20N4O3S3/c1-4-11-24-16-19-18-15(25-16)17-14(21)13(5-2)20(26(3,22)23)12-9-7-6-8-10-12/h4,6-10,13H,1,5,11H2,2-3H3,(H,17,18,21). The van der Waals surface area contributed by atoms with Crippen LogP contribution in [0.15, 0.2) is 47.3 Å². The zero-order chi connectivity index (χ0) is 19.2. The van der Waals surface area contributed by atoms with E-state index in [2.05, 4.69) is 22.1 Å². The van der Waals surface area contributed by atoms with Gasteiger partial charge in [-0.3, -0.25) is 14.4 Å². The summed E-state index contributed by atoms with van der Waals surface area (Å²) in [5.41, 5.74) is 0.441. The molecule has 1 amide bonds. The molecule has 0 radical (unpaired) electrons. The zero-order valence-electron chi connectivity index (χ0n) is 14.5. The van der Waals surface area contributed by atoms with Crippen molar-refractivity contribution in [3.63, 3.8) is 0 Å². The van der Waals surface area contributed by atoms with Crippen molar-refractivity contribution in [3.8, 4) is 0 Å². The van der Waals surface area contributed by atoms with Crippen molar-refractivity contribution < 1.29 is 13.2 Å². The van der Waals surface area contributed by atoms with Crippen LogP contribution in [-0.2, 0) is 14.8 Å². The molecular weight excluding hydrogens is 392 g/mol. The Balaban J connectivity index is 2.22. The number of sulfonamides is 1. The number of aromatic nitrogens is 2. The largest absolute Gasteiger partial charge is 0.299 e. The van der Waals surface area contributed by atoms with E-state index in [9.17, 15) is 13.2 Å². The van der Waals surface area contributed by atoms with E-state index in [4.69, 9.17) is 0 Å². The molecule has 0 saturated heterocycles. The number of amides is 1. The third-order valence-electron chi connectivity index (χ3n) is 3.30. The van der Waals surface area contributed by atoms with Crippen LogP contribution in [0.25, 0.3) is 0 Å². The molecule has 0 aliphatic carbocycles. The minimum atomic E-state index is -3.65. The van der Waals surface area contributed by atoms with Crippen LogP contribution in [0.2, 0.25) is 0 Å². The van der Waals surface area contributed by atoms with Gasteiger partial charge in [0, 0.05) is 5.75 Å². The van der Waals surface area contributed by atoms with E-state index in [0.29, 0.717) is 27.3 Å². The van der Waals surface area contributed by atoms with Crippen LogP contribution in [0.1, 0.15) is 13.3 Å². The lowest BCUT2D eigenvalue weighted by atomic mass is 10.2. The Labute approximate surface area is 161 Å². The molecule has 1 unspecified atom stereocenters. The lowest BCUT2D eigenvalue weighted by molar-refractivity contribution is -0.117. The van der Waals surface area contributed by atoms with Gasteiger partial charge in [-0.05, 0) is 18.6 Å². The zero-order valence-corrected chi connectivity index (χ0v) is 16.9. The van der Waals surface area contributed by atoms with E-state index in [1.807, 2.05) is 0 Å². The molecule has 1 aromatic heterocycles. The van der Waals surface area contributed by atoms with Crippen molar-refractivity contribution in [3.05, 3.63) is 43.0 Å². The Bertz CT molecular complexity index is 853. The predicted octanol–water partition coefficient (Wildman–Crippen LogP) is 3.00. The van der Waals surface area contributed by atoms with Gasteiger partial charge in [0.1, 0.15) is 6.04 Å². The average Bonchev–Trinajstić information content (AvgIpc) is 3.04. The molecule has 1 N–H and O–H groups in total. The molecule has 0 aliphatic rings. The van der Waals surface area contributed by atoms with Gasteiger partial charge in [-0.1, -0.05) is 54.3 Å². The fourth-order valence-electron chi connectivity index (χ4n) is 2.27. The molecular formula is C16H20N4O3S3. The number of anilines is 2. The molecule has 0 saturated carbocycles. The maximum Gasteiger partial charge on any atom is 0.250 e. The normalized spacial score (nSPS) is 12.4. The van der Waals surface area contributed by atoms with Crippen molar-refractivity contribution in [2.45, 2.75) is 23.7 Å². The average molecular weight is 413 g/mol. The topological polar surface area (TPSA) is 92.3 Å². The van der Waals surface area contributed by atoms with Crippen molar-refractivity contribution in [2.24, 2.45) is 0 Å². The third kappa shape index (κ3) is 5.29. The van der Waals surface area contributed by atoms with Crippen molar-refractivity contribution in [2.75, 3.05) is 21.6 Å². The number of nitrogens with one attached hydrogen (secondary N) is 1. The molecule has 2 aromatic rings. The first-order chi connectivity index (χ1) is 12.4. The second-order valence-electron chi connectivity index (χ2n) is 5.28. The van der Waals surface area contributed by atoms with Gasteiger partial charge >= 0.3 is 0 Å². The number of para-hydroxylation sites is 1. The predicted molar refractivity (Wildman–Crippen MR) is 107 cm³/mol. The number of thioether (sulfide) groups is 1. The molecule has 26 heavy (non-hydrogen) atoms. The number of carbonyl (C=O) groups excluding carboxylic acids is 1. The molecule has 2 rings (SSSR count). The van der Waals surface area contributed by atoms with Gasteiger partial charge in [0.2, 0.25) is 21.1 Å². The number of rotatable bonds is 9. The number of benzene rings is 1. The maximum absolute atomic E-state index is 12.7. The van der Waals surface area contributed by atoms with E-state index in [0.717, 1.165) is 10.6 Å². The van der Waals surface area contributed by atoms with Crippen molar-refractivity contribution in [1.29, 1.82) is 0 Å². The number of nitrogens with zero attached hydrogens (tertiary/aromatic N) is 3. The second kappa shape index (κ2) is 9.15.